The summed E-state index contributed by atoms with van der Waals surface area (Å²) in [6.45, 7) is 1.63. The summed E-state index contributed by atoms with van der Waals surface area (Å²) in [5.74, 6) is 0.327. The van der Waals surface area contributed by atoms with Crippen LogP contribution < -0.4 is 0 Å². The van der Waals surface area contributed by atoms with Gasteiger partial charge in [-0.05, 0) is 37.1 Å². The molecule has 6 heteroatoms. The minimum atomic E-state index is -4.37. The molecule has 0 unspecified atom stereocenters. The first kappa shape index (κ1) is 17.1. The molecule has 0 N–H and O–H groups in total. The number of benzene rings is 1. The highest BCUT2D eigenvalue weighted by molar-refractivity contribution is 7.99. The summed E-state index contributed by atoms with van der Waals surface area (Å²) in [6.07, 6.45) is -3.04. The number of Topliss-reactive ketones (excluding diaryl/α,β-unsaturated/α-hetero) is 2. The van der Waals surface area contributed by atoms with Crippen LogP contribution in [0, 0.1) is 12.8 Å². The molecule has 1 aliphatic rings. The lowest BCUT2D eigenvalue weighted by Gasteiger charge is -2.20. The number of thioether (sulfide) groups is 1. The second-order valence-corrected chi connectivity index (χ2v) is 6.80. The van der Waals surface area contributed by atoms with Crippen LogP contribution in [-0.2, 0) is 15.8 Å². The summed E-state index contributed by atoms with van der Waals surface area (Å²) in [5, 5.41) is 0. The zero-order valence-corrected chi connectivity index (χ0v) is 13.0. The minimum Gasteiger partial charge on any atom is -0.299 e. The van der Waals surface area contributed by atoms with E-state index < -0.39 is 11.7 Å². The SMILES string of the molecule is Cc1ccc(SCCC2CC(=O)CC(=O)C2)c(C(F)(F)F)c1. The van der Waals surface area contributed by atoms with Gasteiger partial charge in [0.1, 0.15) is 11.6 Å². The normalized spacial score (nSPS) is 17.1. The summed E-state index contributed by atoms with van der Waals surface area (Å²) >= 11 is 1.14. The van der Waals surface area contributed by atoms with Gasteiger partial charge in [-0.3, -0.25) is 9.59 Å². The number of rotatable bonds is 4. The first-order valence-electron chi connectivity index (χ1n) is 7.09. The van der Waals surface area contributed by atoms with E-state index in [1.165, 1.54) is 6.07 Å². The molecule has 2 rings (SSSR count). The monoisotopic (exact) mass is 330 g/mol. The fourth-order valence-electron chi connectivity index (χ4n) is 2.61. The molecule has 0 aromatic heterocycles. The number of carbonyl (C=O) groups excluding carboxylic acids is 2. The highest BCUT2D eigenvalue weighted by Crippen LogP contribution is 2.38. The third kappa shape index (κ3) is 4.60. The van der Waals surface area contributed by atoms with E-state index in [4.69, 9.17) is 0 Å². The Morgan fingerprint density at radius 1 is 1.18 bits per heavy atom. The van der Waals surface area contributed by atoms with E-state index in [-0.39, 0.29) is 28.8 Å². The molecule has 1 aliphatic carbocycles. The first-order chi connectivity index (χ1) is 10.3. The highest BCUT2D eigenvalue weighted by atomic mass is 32.2. The van der Waals surface area contributed by atoms with Crippen LogP contribution in [0.5, 0.6) is 0 Å². The lowest BCUT2D eigenvalue weighted by molar-refractivity contribution is -0.139. The Morgan fingerprint density at radius 3 is 2.41 bits per heavy atom. The predicted octanol–water partition coefficient (Wildman–Crippen LogP) is 4.43. The largest absolute Gasteiger partial charge is 0.417 e. The van der Waals surface area contributed by atoms with E-state index in [1.54, 1.807) is 13.0 Å². The third-order valence-corrected chi connectivity index (χ3v) is 4.76. The molecule has 0 bridgehead atoms. The maximum Gasteiger partial charge on any atom is 0.417 e. The van der Waals surface area contributed by atoms with Gasteiger partial charge in [0.2, 0.25) is 0 Å². The van der Waals surface area contributed by atoms with Crippen LogP contribution in [0.3, 0.4) is 0 Å². The van der Waals surface area contributed by atoms with Crippen LogP contribution in [-0.4, -0.2) is 17.3 Å². The zero-order chi connectivity index (χ0) is 16.3. The van der Waals surface area contributed by atoms with Crippen molar-refractivity contribution in [2.24, 2.45) is 5.92 Å². The maximum atomic E-state index is 13.0. The van der Waals surface area contributed by atoms with Crippen molar-refractivity contribution in [3.63, 3.8) is 0 Å². The van der Waals surface area contributed by atoms with Gasteiger partial charge < -0.3 is 0 Å². The second-order valence-electron chi connectivity index (χ2n) is 5.66. The Balaban J connectivity index is 1.97. The summed E-state index contributed by atoms with van der Waals surface area (Å²) in [5.41, 5.74) is -0.0477. The number of alkyl halides is 3. The lowest BCUT2D eigenvalue weighted by Crippen LogP contribution is -2.23. The molecule has 2 nitrogen and oxygen atoms in total. The van der Waals surface area contributed by atoms with Crippen molar-refractivity contribution in [3.05, 3.63) is 29.3 Å². The van der Waals surface area contributed by atoms with E-state index in [0.717, 1.165) is 17.8 Å². The van der Waals surface area contributed by atoms with Crippen LogP contribution in [0.15, 0.2) is 23.1 Å². The fourth-order valence-corrected chi connectivity index (χ4v) is 3.78. The molecule has 22 heavy (non-hydrogen) atoms. The van der Waals surface area contributed by atoms with Gasteiger partial charge in [0.15, 0.2) is 0 Å². The Morgan fingerprint density at radius 2 is 1.82 bits per heavy atom. The molecule has 120 valence electrons. The molecular formula is C16H17F3O2S. The van der Waals surface area contributed by atoms with Crippen LogP contribution in [0.25, 0.3) is 0 Å². The molecule has 0 saturated heterocycles. The Hall–Kier alpha value is -1.30. The quantitative estimate of drug-likeness (QED) is 0.605. The topological polar surface area (TPSA) is 34.1 Å². The Labute approximate surface area is 131 Å². The molecule has 1 saturated carbocycles. The molecule has 0 atom stereocenters. The van der Waals surface area contributed by atoms with Gasteiger partial charge in [0, 0.05) is 17.7 Å². The van der Waals surface area contributed by atoms with Gasteiger partial charge in [-0.25, -0.2) is 0 Å². The van der Waals surface area contributed by atoms with Crippen molar-refractivity contribution in [2.45, 2.75) is 43.7 Å². The second kappa shape index (κ2) is 6.86. The smallest absolute Gasteiger partial charge is 0.299 e. The van der Waals surface area contributed by atoms with E-state index in [2.05, 4.69) is 0 Å². The molecule has 0 radical (unpaired) electrons. The third-order valence-electron chi connectivity index (χ3n) is 3.65. The van der Waals surface area contributed by atoms with E-state index >= 15 is 0 Å². The number of halogens is 3. The maximum absolute atomic E-state index is 13.0. The number of hydrogen-bond donors (Lipinski definition) is 0. The van der Waals surface area contributed by atoms with E-state index in [0.29, 0.717) is 30.6 Å². The summed E-state index contributed by atoms with van der Waals surface area (Å²) in [6, 6.07) is 4.29. The van der Waals surface area contributed by atoms with Crippen molar-refractivity contribution < 1.29 is 22.8 Å². The van der Waals surface area contributed by atoms with Crippen LogP contribution in [0.1, 0.15) is 36.8 Å². The standard InChI is InChI=1S/C16H17F3O2S/c1-10-2-3-15(14(6-10)16(17,18)19)22-5-4-11-7-12(20)9-13(21)8-11/h2-3,6,11H,4-5,7-9H2,1H3. The zero-order valence-electron chi connectivity index (χ0n) is 12.2. The van der Waals surface area contributed by atoms with E-state index in [9.17, 15) is 22.8 Å². The first-order valence-corrected chi connectivity index (χ1v) is 8.08. The lowest BCUT2D eigenvalue weighted by atomic mass is 9.86. The number of hydrogen-bond acceptors (Lipinski definition) is 3. The van der Waals surface area contributed by atoms with Gasteiger partial charge >= 0.3 is 6.18 Å². The van der Waals surface area contributed by atoms with Gasteiger partial charge in [-0.2, -0.15) is 13.2 Å². The average Bonchev–Trinajstić information content (AvgIpc) is 2.38. The number of ketones is 2. The summed E-state index contributed by atoms with van der Waals surface area (Å²) in [4.78, 5) is 22.9. The molecule has 0 amide bonds. The number of aryl methyl sites for hydroxylation is 1. The van der Waals surface area contributed by atoms with Gasteiger partial charge in [-0.1, -0.05) is 11.6 Å². The van der Waals surface area contributed by atoms with Gasteiger partial charge in [0.05, 0.1) is 12.0 Å². The molecular weight excluding hydrogens is 313 g/mol. The van der Waals surface area contributed by atoms with E-state index in [1.807, 2.05) is 0 Å². The van der Waals surface area contributed by atoms with Gasteiger partial charge in [0.25, 0.3) is 0 Å². The van der Waals surface area contributed by atoms with Crippen molar-refractivity contribution in [3.8, 4) is 0 Å². The average molecular weight is 330 g/mol. The van der Waals surface area contributed by atoms with Crippen LogP contribution in [0.4, 0.5) is 13.2 Å². The number of carbonyl (C=O) groups is 2. The van der Waals surface area contributed by atoms with Gasteiger partial charge in [-0.15, -0.1) is 11.8 Å². The van der Waals surface area contributed by atoms with Crippen LogP contribution >= 0.6 is 11.8 Å². The summed E-state index contributed by atoms with van der Waals surface area (Å²) < 4.78 is 39.0. The minimum absolute atomic E-state index is 0.0137. The Bertz CT molecular complexity index is 565. The molecule has 1 fully saturated rings. The van der Waals surface area contributed by atoms with Crippen molar-refractivity contribution in [1.29, 1.82) is 0 Å². The molecule has 1 aromatic carbocycles. The predicted molar refractivity (Wildman–Crippen MR) is 78.9 cm³/mol. The van der Waals surface area contributed by atoms with Crippen molar-refractivity contribution >= 4 is 23.3 Å². The molecule has 1 aromatic rings. The van der Waals surface area contributed by atoms with Crippen molar-refractivity contribution in [2.75, 3.05) is 5.75 Å². The van der Waals surface area contributed by atoms with Crippen molar-refractivity contribution in [1.82, 2.24) is 0 Å². The Kier molecular flexibility index (Phi) is 5.32. The van der Waals surface area contributed by atoms with Crippen LogP contribution in [0.2, 0.25) is 0 Å². The summed E-state index contributed by atoms with van der Waals surface area (Å²) in [7, 11) is 0. The molecule has 0 spiro atoms. The molecule has 0 heterocycles. The fraction of sp³-hybridized carbons (Fsp3) is 0.500. The molecule has 0 aliphatic heterocycles. The highest BCUT2D eigenvalue weighted by Gasteiger charge is 2.33.